The Labute approximate surface area is 120 Å². The van der Waals surface area contributed by atoms with Crippen LogP contribution in [0.25, 0.3) is 0 Å². The molecule has 0 amide bonds. The Balaban J connectivity index is 2.13. The molecule has 1 aliphatic rings. The smallest absolute Gasteiger partial charge is 0.241 e. The van der Waals surface area contributed by atoms with Crippen molar-refractivity contribution < 1.29 is 13.5 Å². The van der Waals surface area contributed by atoms with Gasteiger partial charge in [0.1, 0.15) is 0 Å². The first-order valence-corrected chi connectivity index (χ1v) is 8.40. The molecule has 0 spiro atoms. The van der Waals surface area contributed by atoms with Crippen LogP contribution in [0.1, 0.15) is 37.7 Å². The van der Waals surface area contributed by atoms with E-state index in [2.05, 4.69) is 4.72 Å². The molecule has 0 atom stereocenters. The summed E-state index contributed by atoms with van der Waals surface area (Å²) in [6.07, 6.45) is 4.27. The van der Waals surface area contributed by atoms with Crippen molar-refractivity contribution in [2.75, 3.05) is 12.3 Å². The third-order valence-corrected chi connectivity index (χ3v) is 5.54. The van der Waals surface area contributed by atoms with E-state index in [0.29, 0.717) is 24.1 Å². The molecular weight excluding hydrogens is 276 g/mol. The first kappa shape index (κ1) is 15.3. The Morgan fingerprint density at radius 1 is 1.30 bits per heavy atom. The van der Waals surface area contributed by atoms with E-state index < -0.39 is 15.6 Å². The molecule has 0 radical (unpaired) electrons. The Morgan fingerprint density at radius 3 is 2.60 bits per heavy atom. The van der Waals surface area contributed by atoms with Gasteiger partial charge >= 0.3 is 0 Å². The monoisotopic (exact) mass is 298 g/mol. The lowest BCUT2D eigenvalue weighted by Crippen LogP contribution is -2.44. The van der Waals surface area contributed by atoms with E-state index in [1.165, 1.54) is 6.07 Å². The number of hydrogen-bond acceptors (Lipinski definition) is 4. The van der Waals surface area contributed by atoms with Crippen molar-refractivity contribution in [2.24, 2.45) is 0 Å². The molecule has 0 heterocycles. The predicted molar refractivity (Wildman–Crippen MR) is 78.8 cm³/mol. The third-order valence-electron chi connectivity index (χ3n) is 3.99. The molecule has 1 aromatic rings. The quantitative estimate of drug-likeness (QED) is 0.735. The Kier molecular flexibility index (Phi) is 4.36. The summed E-state index contributed by atoms with van der Waals surface area (Å²) in [5.74, 6) is 0. The average molecular weight is 298 g/mol. The Hall–Kier alpha value is -1.11. The number of aliphatic hydroxyl groups is 1. The molecule has 1 saturated carbocycles. The van der Waals surface area contributed by atoms with E-state index in [1.807, 2.05) is 0 Å². The molecule has 2 rings (SSSR count). The second kappa shape index (κ2) is 5.71. The molecule has 1 aliphatic carbocycles. The topological polar surface area (TPSA) is 92.4 Å². The van der Waals surface area contributed by atoms with Gasteiger partial charge in [0.15, 0.2) is 0 Å². The number of nitrogens with two attached hydrogens (primary N) is 1. The van der Waals surface area contributed by atoms with Gasteiger partial charge < -0.3 is 10.8 Å². The highest BCUT2D eigenvalue weighted by Gasteiger charge is 2.31. The van der Waals surface area contributed by atoms with Crippen molar-refractivity contribution >= 4 is 15.7 Å². The number of hydrogen-bond donors (Lipinski definition) is 3. The van der Waals surface area contributed by atoms with Crippen LogP contribution < -0.4 is 10.5 Å². The lowest BCUT2D eigenvalue weighted by atomic mass is 9.85. The van der Waals surface area contributed by atoms with Gasteiger partial charge in [-0.05, 0) is 37.5 Å². The van der Waals surface area contributed by atoms with Crippen LogP contribution in [0.4, 0.5) is 5.69 Å². The Bertz CT molecular complexity index is 578. The first-order chi connectivity index (χ1) is 9.34. The summed E-state index contributed by atoms with van der Waals surface area (Å²) >= 11 is 0. The van der Waals surface area contributed by atoms with Gasteiger partial charge in [0.05, 0.1) is 10.5 Å². The van der Waals surface area contributed by atoms with Crippen LogP contribution >= 0.6 is 0 Å². The van der Waals surface area contributed by atoms with Crippen molar-refractivity contribution in [3.05, 3.63) is 23.8 Å². The zero-order chi connectivity index (χ0) is 14.8. The fraction of sp³-hybridized carbons (Fsp3) is 0.571. The van der Waals surface area contributed by atoms with E-state index in [4.69, 9.17) is 5.73 Å². The standard InChI is InChI=1S/C14H22N2O3S/c1-11-12(15)6-5-7-13(11)20(18,19)16-10-14(17)8-3-2-4-9-14/h5-7,16-17H,2-4,8-10,15H2,1H3. The van der Waals surface area contributed by atoms with E-state index >= 15 is 0 Å². The van der Waals surface area contributed by atoms with Gasteiger partial charge in [0.25, 0.3) is 0 Å². The summed E-state index contributed by atoms with van der Waals surface area (Å²) < 4.78 is 27.1. The molecule has 5 nitrogen and oxygen atoms in total. The highest BCUT2D eigenvalue weighted by Crippen LogP contribution is 2.28. The Morgan fingerprint density at radius 2 is 1.95 bits per heavy atom. The van der Waals surface area contributed by atoms with Crippen LogP contribution in [0.2, 0.25) is 0 Å². The molecule has 20 heavy (non-hydrogen) atoms. The fourth-order valence-electron chi connectivity index (χ4n) is 2.62. The lowest BCUT2D eigenvalue weighted by Gasteiger charge is -2.32. The summed E-state index contributed by atoms with van der Waals surface area (Å²) in [7, 11) is -3.64. The molecule has 4 N–H and O–H groups in total. The number of rotatable bonds is 4. The summed E-state index contributed by atoms with van der Waals surface area (Å²) in [5.41, 5.74) is 5.81. The SMILES string of the molecule is Cc1c(N)cccc1S(=O)(=O)NCC1(O)CCCCC1. The minimum Gasteiger partial charge on any atom is -0.398 e. The van der Waals surface area contributed by atoms with E-state index in [1.54, 1.807) is 19.1 Å². The largest absolute Gasteiger partial charge is 0.398 e. The minimum atomic E-state index is -3.64. The van der Waals surface area contributed by atoms with Gasteiger partial charge in [0, 0.05) is 12.2 Å². The zero-order valence-electron chi connectivity index (χ0n) is 11.7. The summed E-state index contributed by atoms with van der Waals surface area (Å²) in [5, 5.41) is 10.4. The van der Waals surface area contributed by atoms with Gasteiger partial charge in [-0.2, -0.15) is 0 Å². The van der Waals surface area contributed by atoms with E-state index in [9.17, 15) is 13.5 Å². The summed E-state index contributed by atoms with van der Waals surface area (Å²) in [6, 6.07) is 4.81. The second-order valence-electron chi connectivity index (χ2n) is 5.58. The fourth-order valence-corrected chi connectivity index (χ4v) is 4.01. The van der Waals surface area contributed by atoms with Gasteiger partial charge in [0.2, 0.25) is 10.0 Å². The molecule has 1 fully saturated rings. The van der Waals surface area contributed by atoms with Crippen molar-refractivity contribution in [2.45, 2.75) is 49.5 Å². The lowest BCUT2D eigenvalue weighted by molar-refractivity contribution is 0.00945. The summed E-state index contributed by atoms with van der Waals surface area (Å²) in [4.78, 5) is 0.178. The maximum absolute atomic E-state index is 12.3. The normalized spacial score (nSPS) is 18.9. The number of anilines is 1. The highest BCUT2D eigenvalue weighted by molar-refractivity contribution is 7.89. The van der Waals surface area contributed by atoms with E-state index in [-0.39, 0.29) is 11.4 Å². The van der Waals surface area contributed by atoms with Crippen LogP contribution in [-0.2, 0) is 10.0 Å². The van der Waals surface area contributed by atoms with Gasteiger partial charge in [-0.3, -0.25) is 0 Å². The highest BCUT2D eigenvalue weighted by atomic mass is 32.2. The molecule has 0 aliphatic heterocycles. The number of sulfonamides is 1. The van der Waals surface area contributed by atoms with Crippen molar-refractivity contribution in [3.8, 4) is 0 Å². The second-order valence-corrected chi connectivity index (χ2v) is 7.32. The maximum Gasteiger partial charge on any atom is 0.241 e. The molecule has 0 saturated heterocycles. The van der Waals surface area contributed by atoms with Crippen LogP contribution in [0.5, 0.6) is 0 Å². The molecule has 0 unspecified atom stereocenters. The molecule has 0 aromatic heterocycles. The van der Waals surface area contributed by atoms with Crippen LogP contribution in [-0.4, -0.2) is 25.7 Å². The number of benzene rings is 1. The molecule has 0 bridgehead atoms. The zero-order valence-corrected chi connectivity index (χ0v) is 12.5. The van der Waals surface area contributed by atoms with E-state index in [0.717, 1.165) is 19.3 Å². The van der Waals surface area contributed by atoms with Crippen LogP contribution in [0.15, 0.2) is 23.1 Å². The van der Waals surface area contributed by atoms with Crippen molar-refractivity contribution in [1.29, 1.82) is 0 Å². The van der Waals surface area contributed by atoms with Gasteiger partial charge in [-0.1, -0.05) is 25.3 Å². The van der Waals surface area contributed by atoms with Crippen LogP contribution in [0.3, 0.4) is 0 Å². The van der Waals surface area contributed by atoms with Gasteiger partial charge in [-0.15, -0.1) is 0 Å². The predicted octanol–water partition coefficient (Wildman–Crippen LogP) is 1.55. The number of nitrogens with one attached hydrogen (secondary N) is 1. The van der Waals surface area contributed by atoms with Gasteiger partial charge in [-0.25, -0.2) is 13.1 Å². The van der Waals surface area contributed by atoms with Crippen molar-refractivity contribution in [1.82, 2.24) is 4.72 Å². The molecule has 112 valence electrons. The average Bonchev–Trinajstić information content (AvgIpc) is 2.41. The molecule has 1 aromatic carbocycles. The molecule has 6 heteroatoms. The summed E-state index contributed by atoms with van der Waals surface area (Å²) in [6.45, 7) is 1.74. The van der Waals surface area contributed by atoms with Crippen LogP contribution in [0, 0.1) is 6.92 Å². The molecular formula is C14H22N2O3S. The number of nitrogen functional groups attached to an aromatic ring is 1. The third kappa shape index (κ3) is 3.31. The minimum absolute atomic E-state index is 0.0591. The van der Waals surface area contributed by atoms with Crippen molar-refractivity contribution in [3.63, 3.8) is 0 Å². The first-order valence-electron chi connectivity index (χ1n) is 6.91. The maximum atomic E-state index is 12.3.